The molecule has 2 heteroatoms. The van der Waals surface area contributed by atoms with Gasteiger partial charge in [0.2, 0.25) is 0 Å². The Morgan fingerprint density at radius 1 is 1.15 bits per heavy atom. The van der Waals surface area contributed by atoms with Crippen LogP contribution in [0.3, 0.4) is 0 Å². The van der Waals surface area contributed by atoms with Crippen LogP contribution in [0.1, 0.15) is 72.1 Å². The van der Waals surface area contributed by atoms with E-state index in [1.807, 2.05) is 0 Å². The van der Waals surface area contributed by atoms with E-state index >= 15 is 0 Å². The zero-order valence-electron chi connectivity index (χ0n) is 13.7. The first-order chi connectivity index (χ1) is 9.67. The Morgan fingerprint density at radius 3 is 2.50 bits per heavy atom. The van der Waals surface area contributed by atoms with E-state index in [1.165, 1.54) is 51.4 Å². The van der Waals surface area contributed by atoms with E-state index in [0.717, 1.165) is 30.5 Å². The van der Waals surface area contributed by atoms with E-state index in [-0.39, 0.29) is 0 Å². The molecule has 1 spiro atoms. The highest BCUT2D eigenvalue weighted by Gasteiger charge is 2.59. The fourth-order valence-electron chi connectivity index (χ4n) is 5.09. The molecule has 0 bridgehead atoms. The minimum Gasteiger partial charge on any atom is -0.378 e. The van der Waals surface area contributed by atoms with E-state index in [9.17, 15) is 0 Å². The molecule has 3 fully saturated rings. The standard InChI is InChI=1S/C18H33NO/c1-4-20-17-12-16(18(17)10-7-11-18)19-15-9-6-5-8-14(15)13(2)3/h13-17,19H,4-12H2,1-3H3. The summed E-state index contributed by atoms with van der Waals surface area (Å²) in [4.78, 5) is 0. The minimum atomic E-state index is 0.523. The Bertz CT molecular complexity index is 323. The van der Waals surface area contributed by atoms with Gasteiger partial charge in [0, 0.05) is 24.1 Å². The highest BCUT2D eigenvalue weighted by molar-refractivity contribution is 5.13. The van der Waals surface area contributed by atoms with Crippen molar-refractivity contribution in [1.29, 1.82) is 0 Å². The van der Waals surface area contributed by atoms with E-state index in [0.29, 0.717) is 11.5 Å². The summed E-state index contributed by atoms with van der Waals surface area (Å²) in [6.45, 7) is 7.85. The van der Waals surface area contributed by atoms with Crippen LogP contribution in [-0.2, 0) is 4.74 Å². The average Bonchev–Trinajstić information content (AvgIpc) is 2.35. The molecule has 3 aliphatic carbocycles. The van der Waals surface area contributed by atoms with Crippen molar-refractivity contribution in [3.63, 3.8) is 0 Å². The Kier molecular flexibility index (Phi) is 4.42. The molecule has 0 aromatic heterocycles. The van der Waals surface area contributed by atoms with Crippen LogP contribution in [0, 0.1) is 17.3 Å². The molecular formula is C18H33NO. The number of hydrogen-bond acceptors (Lipinski definition) is 2. The molecule has 20 heavy (non-hydrogen) atoms. The van der Waals surface area contributed by atoms with Gasteiger partial charge in [0.25, 0.3) is 0 Å². The first-order valence-corrected chi connectivity index (χ1v) is 9.05. The van der Waals surface area contributed by atoms with Crippen LogP contribution in [-0.4, -0.2) is 24.8 Å². The molecular weight excluding hydrogens is 246 g/mol. The number of nitrogens with one attached hydrogen (secondary N) is 1. The molecule has 4 atom stereocenters. The topological polar surface area (TPSA) is 21.3 Å². The first kappa shape index (κ1) is 14.8. The largest absolute Gasteiger partial charge is 0.378 e. The van der Waals surface area contributed by atoms with Gasteiger partial charge in [-0.05, 0) is 50.9 Å². The van der Waals surface area contributed by atoms with Crippen molar-refractivity contribution in [3.05, 3.63) is 0 Å². The first-order valence-electron chi connectivity index (χ1n) is 9.05. The van der Waals surface area contributed by atoms with E-state index in [4.69, 9.17) is 4.74 Å². The maximum absolute atomic E-state index is 5.99. The third-order valence-corrected chi connectivity index (χ3v) is 6.53. The maximum Gasteiger partial charge on any atom is 0.0661 e. The average molecular weight is 279 g/mol. The van der Waals surface area contributed by atoms with Gasteiger partial charge in [-0.3, -0.25) is 0 Å². The summed E-state index contributed by atoms with van der Waals surface area (Å²) in [5, 5.41) is 4.09. The molecule has 1 N–H and O–H groups in total. The monoisotopic (exact) mass is 279 g/mol. The third-order valence-electron chi connectivity index (χ3n) is 6.53. The van der Waals surface area contributed by atoms with Crippen molar-refractivity contribution < 1.29 is 4.74 Å². The third kappa shape index (κ3) is 2.43. The predicted molar refractivity (Wildman–Crippen MR) is 83.8 cm³/mol. The number of ether oxygens (including phenoxy) is 1. The molecule has 3 saturated carbocycles. The molecule has 0 heterocycles. The Morgan fingerprint density at radius 2 is 1.90 bits per heavy atom. The van der Waals surface area contributed by atoms with Crippen molar-refractivity contribution in [2.75, 3.05) is 6.61 Å². The summed E-state index contributed by atoms with van der Waals surface area (Å²) < 4.78 is 5.99. The molecule has 0 aromatic rings. The van der Waals surface area contributed by atoms with Gasteiger partial charge in [0.15, 0.2) is 0 Å². The second-order valence-electron chi connectivity index (χ2n) is 7.78. The summed E-state index contributed by atoms with van der Waals surface area (Å²) in [5.41, 5.74) is 0.523. The van der Waals surface area contributed by atoms with Gasteiger partial charge in [-0.25, -0.2) is 0 Å². The molecule has 0 aromatic carbocycles. The van der Waals surface area contributed by atoms with Gasteiger partial charge in [-0.1, -0.05) is 33.1 Å². The summed E-state index contributed by atoms with van der Waals surface area (Å²) in [6, 6.07) is 1.52. The highest BCUT2D eigenvalue weighted by atomic mass is 16.5. The molecule has 0 aliphatic heterocycles. The second-order valence-corrected chi connectivity index (χ2v) is 7.78. The van der Waals surface area contributed by atoms with Crippen molar-refractivity contribution >= 4 is 0 Å². The number of hydrogen-bond donors (Lipinski definition) is 1. The van der Waals surface area contributed by atoms with E-state index < -0.39 is 0 Å². The van der Waals surface area contributed by atoms with Crippen molar-refractivity contribution in [2.24, 2.45) is 17.3 Å². The summed E-state index contributed by atoms with van der Waals surface area (Å²) in [5.74, 6) is 1.72. The van der Waals surface area contributed by atoms with E-state index in [1.54, 1.807) is 0 Å². The maximum atomic E-state index is 5.99. The lowest BCUT2D eigenvalue weighted by molar-refractivity contribution is -0.176. The Labute approximate surface area is 125 Å². The molecule has 0 saturated heterocycles. The Hall–Kier alpha value is -0.0800. The quantitative estimate of drug-likeness (QED) is 0.816. The fourth-order valence-corrected chi connectivity index (χ4v) is 5.09. The van der Waals surface area contributed by atoms with Crippen LogP contribution in [0.4, 0.5) is 0 Å². The highest BCUT2D eigenvalue weighted by Crippen LogP contribution is 2.57. The van der Waals surface area contributed by atoms with Gasteiger partial charge in [0.1, 0.15) is 0 Å². The summed E-state index contributed by atoms with van der Waals surface area (Å²) >= 11 is 0. The van der Waals surface area contributed by atoms with Crippen LogP contribution in [0.5, 0.6) is 0 Å². The van der Waals surface area contributed by atoms with Crippen LogP contribution in [0.2, 0.25) is 0 Å². The van der Waals surface area contributed by atoms with Gasteiger partial charge < -0.3 is 10.1 Å². The molecule has 3 aliphatic rings. The lowest BCUT2D eigenvalue weighted by Crippen LogP contribution is -2.69. The predicted octanol–water partition coefficient (Wildman–Crippen LogP) is 4.14. The van der Waals surface area contributed by atoms with Crippen molar-refractivity contribution in [2.45, 2.75) is 90.3 Å². The SMILES string of the molecule is CCOC1CC(NC2CCCCC2C(C)C)C12CCC2. The van der Waals surface area contributed by atoms with Gasteiger partial charge in [0.05, 0.1) is 6.10 Å². The molecule has 0 radical (unpaired) electrons. The zero-order valence-corrected chi connectivity index (χ0v) is 13.7. The minimum absolute atomic E-state index is 0.523. The lowest BCUT2D eigenvalue weighted by Gasteiger charge is -2.62. The molecule has 2 nitrogen and oxygen atoms in total. The van der Waals surface area contributed by atoms with Gasteiger partial charge >= 0.3 is 0 Å². The second kappa shape index (κ2) is 5.96. The van der Waals surface area contributed by atoms with Gasteiger partial charge in [-0.2, -0.15) is 0 Å². The molecule has 116 valence electrons. The van der Waals surface area contributed by atoms with Crippen LogP contribution in [0.25, 0.3) is 0 Å². The van der Waals surface area contributed by atoms with Crippen LogP contribution < -0.4 is 5.32 Å². The Balaban J connectivity index is 1.60. The van der Waals surface area contributed by atoms with E-state index in [2.05, 4.69) is 26.1 Å². The fraction of sp³-hybridized carbons (Fsp3) is 1.00. The summed E-state index contributed by atoms with van der Waals surface area (Å²) in [7, 11) is 0. The summed E-state index contributed by atoms with van der Waals surface area (Å²) in [6.07, 6.45) is 11.7. The van der Waals surface area contributed by atoms with Crippen LogP contribution in [0.15, 0.2) is 0 Å². The number of rotatable bonds is 5. The molecule has 3 rings (SSSR count). The normalized spacial score (nSPS) is 39.6. The lowest BCUT2D eigenvalue weighted by atomic mass is 9.50. The van der Waals surface area contributed by atoms with Crippen LogP contribution >= 0.6 is 0 Å². The van der Waals surface area contributed by atoms with Crippen molar-refractivity contribution in [1.82, 2.24) is 5.32 Å². The zero-order chi connectivity index (χ0) is 14.2. The smallest absolute Gasteiger partial charge is 0.0661 e. The molecule has 0 amide bonds. The van der Waals surface area contributed by atoms with Crippen molar-refractivity contribution in [3.8, 4) is 0 Å². The van der Waals surface area contributed by atoms with Gasteiger partial charge in [-0.15, -0.1) is 0 Å². The molecule has 4 unspecified atom stereocenters.